The summed E-state index contributed by atoms with van der Waals surface area (Å²) in [5.74, 6) is 0.0874. The van der Waals surface area contributed by atoms with Crippen LogP contribution in [0.25, 0.3) is 0 Å². The summed E-state index contributed by atoms with van der Waals surface area (Å²) in [5, 5.41) is 2.89. The number of ether oxygens (including phenoxy) is 1. The van der Waals surface area contributed by atoms with Gasteiger partial charge in [-0.3, -0.25) is 4.90 Å². The number of rotatable bonds is 5. The average molecular weight is 357 g/mol. The van der Waals surface area contributed by atoms with Gasteiger partial charge in [-0.25, -0.2) is 9.18 Å². The summed E-state index contributed by atoms with van der Waals surface area (Å²) in [5.41, 5.74) is 2.04. The van der Waals surface area contributed by atoms with Crippen LogP contribution in [0.2, 0.25) is 0 Å². The minimum absolute atomic E-state index is 0.101. The Morgan fingerprint density at radius 1 is 1.12 bits per heavy atom. The van der Waals surface area contributed by atoms with Crippen LogP contribution >= 0.6 is 0 Å². The summed E-state index contributed by atoms with van der Waals surface area (Å²) in [4.78, 5) is 16.6. The fraction of sp³-hybridized carbons (Fsp3) is 0.350. The number of hydrogen-bond donors (Lipinski definition) is 1. The number of amides is 2. The molecule has 5 nitrogen and oxygen atoms in total. The molecule has 1 fully saturated rings. The van der Waals surface area contributed by atoms with Gasteiger partial charge in [0.05, 0.1) is 7.11 Å². The maximum absolute atomic E-state index is 13.2. The number of hydrogen-bond acceptors (Lipinski definition) is 3. The predicted octanol–water partition coefficient (Wildman–Crippen LogP) is 2.86. The van der Waals surface area contributed by atoms with Crippen molar-refractivity contribution in [3.05, 3.63) is 65.5 Å². The lowest BCUT2D eigenvalue weighted by Gasteiger charge is -2.34. The SMILES string of the molecule is COc1cc(F)ccc1CNC(=O)N1CCN(Cc2ccccc2)CC1. The van der Waals surface area contributed by atoms with Crippen molar-refractivity contribution >= 4 is 6.03 Å². The minimum atomic E-state index is -0.355. The molecule has 0 radical (unpaired) electrons. The number of nitrogens with zero attached hydrogens (tertiary/aromatic N) is 2. The van der Waals surface area contributed by atoms with E-state index in [0.717, 1.165) is 25.2 Å². The van der Waals surface area contributed by atoms with Crippen LogP contribution in [0.1, 0.15) is 11.1 Å². The summed E-state index contributed by atoms with van der Waals surface area (Å²) >= 11 is 0. The minimum Gasteiger partial charge on any atom is -0.496 e. The topological polar surface area (TPSA) is 44.8 Å². The van der Waals surface area contributed by atoms with E-state index in [4.69, 9.17) is 4.74 Å². The summed E-state index contributed by atoms with van der Waals surface area (Å²) < 4.78 is 18.4. The van der Waals surface area contributed by atoms with Gasteiger partial charge in [-0.1, -0.05) is 36.4 Å². The lowest BCUT2D eigenvalue weighted by Crippen LogP contribution is -2.51. The fourth-order valence-corrected chi connectivity index (χ4v) is 3.10. The highest BCUT2D eigenvalue weighted by Gasteiger charge is 2.21. The Morgan fingerprint density at radius 3 is 2.54 bits per heavy atom. The molecule has 1 aliphatic rings. The number of benzene rings is 2. The molecule has 0 aliphatic carbocycles. The first-order valence-electron chi connectivity index (χ1n) is 8.77. The van der Waals surface area contributed by atoms with Crippen LogP contribution in [0.4, 0.5) is 9.18 Å². The second-order valence-electron chi connectivity index (χ2n) is 6.36. The Morgan fingerprint density at radius 2 is 1.85 bits per heavy atom. The Hall–Kier alpha value is -2.60. The highest BCUT2D eigenvalue weighted by atomic mass is 19.1. The standard InChI is InChI=1S/C20H24FN3O2/c1-26-19-13-18(21)8-7-17(19)14-22-20(25)24-11-9-23(10-12-24)15-16-5-3-2-4-6-16/h2-8,13H,9-12,14-15H2,1H3,(H,22,25). The van der Waals surface area contributed by atoms with Gasteiger partial charge >= 0.3 is 6.03 Å². The number of carbonyl (C=O) groups is 1. The molecule has 0 atom stereocenters. The molecule has 3 rings (SSSR count). The molecule has 0 bridgehead atoms. The van der Waals surface area contributed by atoms with Gasteiger partial charge in [0.15, 0.2) is 0 Å². The van der Waals surface area contributed by atoms with E-state index in [1.165, 1.54) is 24.8 Å². The van der Waals surface area contributed by atoms with Crippen molar-refractivity contribution in [2.45, 2.75) is 13.1 Å². The van der Waals surface area contributed by atoms with Gasteiger partial charge < -0.3 is 15.0 Å². The maximum Gasteiger partial charge on any atom is 0.317 e. The molecule has 0 spiro atoms. The van der Waals surface area contributed by atoms with E-state index in [1.807, 2.05) is 23.1 Å². The molecule has 1 heterocycles. The monoisotopic (exact) mass is 357 g/mol. The van der Waals surface area contributed by atoms with Crippen LogP contribution in [0.5, 0.6) is 5.75 Å². The molecule has 1 aliphatic heterocycles. The molecule has 6 heteroatoms. The van der Waals surface area contributed by atoms with Gasteiger partial charge in [0, 0.05) is 50.9 Å². The van der Waals surface area contributed by atoms with Gasteiger partial charge in [-0.15, -0.1) is 0 Å². The van der Waals surface area contributed by atoms with Crippen LogP contribution in [-0.2, 0) is 13.1 Å². The summed E-state index contributed by atoms with van der Waals surface area (Å²) in [6.07, 6.45) is 0. The Bertz CT molecular complexity index is 731. The molecule has 0 aromatic heterocycles. The maximum atomic E-state index is 13.2. The Labute approximate surface area is 153 Å². The van der Waals surface area contributed by atoms with Gasteiger partial charge in [0.1, 0.15) is 11.6 Å². The number of piperazine rings is 1. The second-order valence-corrected chi connectivity index (χ2v) is 6.36. The average Bonchev–Trinajstić information content (AvgIpc) is 2.68. The smallest absolute Gasteiger partial charge is 0.317 e. The normalized spacial score (nSPS) is 14.9. The van der Waals surface area contributed by atoms with Crippen molar-refractivity contribution < 1.29 is 13.9 Å². The molecule has 2 aromatic carbocycles. The Balaban J connectivity index is 1.47. The third-order valence-electron chi connectivity index (χ3n) is 4.59. The van der Waals surface area contributed by atoms with Crippen molar-refractivity contribution in [3.8, 4) is 5.75 Å². The van der Waals surface area contributed by atoms with Crippen molar-refractivity contribution in [2.24, 2.45) is 0 Å². The van der Waals surface area contributed by atoms with Crippen LogP contribution < -0.4 is 10.1 Å². The summed E-state index contributed by atoms with van der Waals surface area (Å²) in [6.45, 7) is 4.30. The van der Waals surface area contributed by atoms with Gasteiger partial charge in [-0.05, 0) is 11.6 Å². The molecular weight excluding hydrogens is 333 g/mol. The van der Waals surface area contributed by atoms with Crippen LogP contribution in [-0.4, -0.2) is 49.1 Å². The lowest BCUT2D eigenvalue weighted by molar-refractivity contribution is 0.135. The molecule has 26 heavy (non-hydrogen) atoms. The quantitative estimate of drug-likeness (QED) is 0.895. The molecule has 0 unspecified atom stereocenters. The highest BCUT2D eigenvalue weighted by molar-refractivity contribution is 5.74. The molecule has 2 aromatic rings. The van der Waals surface area contributed by atoms with Gasteiger partial charge in [-0.2, -0.15) is 0 Å². The van der Waals surface area contributed by atoms with E-state index in [9.17, 15) is 9.18 Å². The first-order chi connectivity index (χ1) is 12.7. The zero-order valence-corrected chi connectivity index (χ0v) is 15.0. The zero-order valence-electron chi connectivity index (χ0n) is 15.0. The van der Waals surface area contributed by atoms with E-state index in [0.29, 0.717) is 25.4 Å². The van der Waals surface area contributed by atoms with Crippen molar-refractivity contribution in [1.29, 1.82) is 0 Å². The third-order valence-corrected chi connectivity index (χ3v) is 4.59. The fourth-order valence-electron chi connectivity index (χ4n) is 3.10. The van der Waals surface area contributed by atoms with Crippen LogP contribution in [0, 0.1) is 5.82 Å². The predicted molar refractivity (Wildman–Crippen MR) is 98.5 cm³/mol. The van der Waals surface area contributed by atoms with E-state index in [-0.39, 0.29) is 11.8 Å². The second kappa shape index (κ2) is 8.67. The third kappa shape index (κ3) is 4.73. The molecular formula is C20H24FN3O2. The molecule has 1 saturated heterocycles. The molecule has 1 N–H and O–H groups in total. The van der Waals surface area contributed by atoms with E-state index in [1.54, 1.807) is 6.07 Å². The van der Waals surface area contributed by atoms with Gasteiger partial charge in [0.25, 0.3) is 0 Å². The number of nitrogens with one attached hydrogen (secondary N) is 1. The van der Waals surface area contributed by atoms with E-state index in [2.05, 4.69) is 22.3 Å². The lowest BCUT2D eigenvalue weighted by atomic mass is 10.2. The van der Waals surface area contributed by atoms with E-state index >= 15 is 0 Å². The number of carbonyl (C=O) groups excluding carboxylic acids is 1. The molecule has 0 saturated carbocycles. The van der Waals surface area contributed by atoms with E-state index < -0.39 is 0 Å². The first-order valence-corrected chi connectivity index (χ1v) is 8.77. The van der Waals surface area contributed by atoms with Crippen LogP contribution in [0.15, 0.2) is 48.5 Å². The summed E-state index contributed by atoms with van der Waals surface area (Å²) in [6, 6.07) is 14.6. The highest BCUT2D eigenvalue weighted by Crippen LogP contribution is 2.19. The zero-order chi connectivity index (χ0) is 18.4. The van der Waals surface area contributed by atoms with Gasteiger partial charge in [0.2, 0.25) is 0 Å². The van der Waals surface area contributed by atoms with Crippen molar-refractivity contribution in [2.75, 3.05) is 33.3 Å². The molecule has 2 amide bonds. The largest absolute Gasteiger partial charge is 0.496 e. The Kier molecular flexibility index (Phi) is 6.07. The van der Waals surface area contributed by atoms with Crippen LogP contribution in [0.3, 0.4) is 0 Å². The van der Waals surface area contributed by atoms with Crippen molar-refractivity contribution in [1.82, 2.24) is 15.1 Å². The first kappa shape index (κ1) is 18.2. The number of halogens is 1. The number of methoxy groups -OCH3 is 1. The molecule has 138 valence electrons. The number of urea groups is 1. The summed E-state index contributed by atoms with van der Waals surface area (Å²) in [7, 11) is 1.49. The van der Waals surface area contributed by atoms with Crippen molar-refractivity contribution in [3.63, 3.8) is 0 Å².